The van der Waals surface area contributed by atoms with Crippen LogP contribution in [0, 0.1) is 0 Å². The SMILES string of the molecule is CC1CCOCCN1C(=O)c1ncnc2sccc12. The maximum atomic E-state index is 12.7. The summed E-state index contributed by atoms with van der Waals surface area (Å²) in [5.74, 6) is -0.0243. The first-order chi connectivity index (χ1) is 9.27. The van der Waals surface area contributed by atoms with Gasteiger partial charge in [0.05, 0.1) is 6.61 Å². The fourth-order valence-corrected chi connectivity index (χ4v) is 3.03. The van der Waals surface area contributed by atoms with Crippen LogP contribution in [-0.4, -0.2) is 46.6 Å². The van der Waals surface area contributed by atoms with Gasteiger partial charge < -0.3 is 9.64 Å². The highest BCUT2D eigenvalue weighted by molar-refractivity contribution is 7.16. The first-order valence-electron chi connectivity index (χ1n) is 6.34. The summed E-state index contributed by atoms with van der Waals surface area (Å²) in [6, 6.07) is 2.09. The normalized spacial score (nSPS) is 20.5. The molecule has 100 valence electrons. The smallest absolute Gasteiger partial charge is 0.273 e. The maximum Gasteiger partial charge on any atom is 0.273 e. The van der Waals surface area contributed by atoms with Crippen LogP contribution in [0.3, 0.4) is 0 Å². The second-order valence-electron chi connectivity index (χ2n) is 4.61. The minimum absolute atomic E-state index is 0.0243. The Labute approximate surface area is 115 Å². The highest BCUT2D eigenvalue weighted by Gasteiger charge is 2.25. The number of nitrogens with zero attached hydrogens (tertiary/aromatic N) is 3. The van der Waals surface area contributed by atoms with E-state index in [4.69, 9.17) is 4.74 Å². The number of ether oxygens (including phenoxy) is 1. The van der Waals surface area contributed by atoms with Crippen molar-refractivity contribution in [1.29, 1.82) is 0 Å². The molecular formula is C13H15N3O2S. The van der Waals surface area contributed by atoms with Gasteiger partial charge in [-0.1, -0.05) is 0 Å². The van der Waals surface area contributed by atoms with Crippen molar-refractivity contribution in [3.05, 3.63) is 23.5 Å². The summed E-state index contributed by atoms with van der Waals surface area (Å²) in [4.78, 5) is 23.7. The standard InChI is InChI=1S/C13H15N3O2S/c1-9-2-5-18-6-4-16(9)13(17)11-10-3-7-19-12(10)15-8-14-11/h3,7-9H,2,4-6H2,1H3. The zero-order valence-electron chi connectivity index (χ0n) is 10.7. The Hall–Kier alpha value is -1.53. The van der Waals surface area contributed by atoms with Crippen LogP contribution in [0.4, 0.5) is 0 Å². The van der Waals surface area contributed by atoms with Crippen molar-refractivity contribution < 1.29 is 9.53 Å². The molecule has 3 heterocycles. The van der Waals surface area contributed by atoms with Crippen molar-refractivity contribution in [3.8, 4) is 0 Å². The number of carbonyl (C=O) groups excluding carboxylic acids is 1. The van der Waals surface area contributed by atoms with Gasteiger partial charge in [-0.2, -0.15) is 0 Å². The van der Waals surface area contributed by atoms with E-state index >= 15 is 0 Å². The van der Waals surface area contributed by atoms with Crippen LogP contribution in [0.5, 0.6) is 0 Å². The first kappa shape index (κ1) is 12.5. The van der Waals surface area contributed by atoms with E-state index in [0.717, 1.165) is 16.6 Å². The number of aromatic nitrogens is 2. The molecule has 1 aliphatic heterocycles. The number of fused-ring (bicyclic) bond motifs is 1. The molecule has 1 atom stereocenters. The van der Waals surface area contributed by atoms with E-state index in [1.807, 2.05) is 16.3 Å². The molecule has 1 saturated heterocycles. The Morgan fingerprint density at radius 3 is 3.26 bits per heavy atom. The van der Waals surface area contributed by atoms with E-state index in [1.165, 1.54) is 17.7 Å². The molecule has 0 saturated carbocycles. The van der Waals surface area contributed by atoms with Crippen LogP contribution in [0.1, 0.15) is 23.8 Å². The van der Waals surface area contributed by atoms with Gasteiger partial charge in [-0.05, 0) is 24.8 Å². The summed E-state index contributed by atoms with van der Waals surface area (Å²) in [5.41, 5.74) is 0.500. The summed E-state index contributed by atoms with van der Waals surface area (Å²) < 4.78 is 5.43. The molecule has 1 aliphatic rings. The summed E-state index contributed by atoms with van der Waals surface area (Å²) in [6.45, 7) is 3.98. The van der Waals surface area contributed by atoms with Crippen LogP contribution in [-0.2, 0) is 4.74 Å². The Morgan fingerprint density at radius 2 is 2.37 bits per heavy atom. The lowest BCUT2D eigenvalue weighted by atomic mass is 10.2. The fourth-order valence-electron chi connectivity index (χ4n) is 2.29. The van der Waals surface area contributed by atoms with Crippen molar-refractivity contribution in [3.63, 3.8) is 0 Å². The van der Waals surface area contributed by atoms with Crippen molar-refractivity contribution in [2.45, 2.75) is 19.4 Å². The molecule has 2 aromatic heterocycles. The van der Waals surface area contributed by atoms with Crippen molar-refractivity contribution in [2.24, 2.45) is 0 Å². The lowest BCUT2D eigenvalue weighted by Crippen LogP contribution is -2.39. The van der Waals surface area contributed by atoms with Crippen LogP contribution >= 0.6 is 11.3 Å². The fraction of sp³-hybridized carbons (Fsp3) is 0.462. The third-order valence-electron chi connectivity index (χ3n) is 3.41. The molecule has 1 amide bonds. The van der Waals surface area contributed by atoms with Gasteiger partial charge >= 0.3 is 0 Å². The third kappa shape index (κ3) is 2.33. The van der Waals surface area contributed by atoms with Gasteiger partial charge in [0.15, 0.2) is 0 Å². The Morgan fingerprint density at radius 1 is 1.47 bits per heavy atom. The van der Waals surface area contributed by atoms with Crippen LogP contribution in [0.15, 0.2) is 17.8 Å². The first-order valence-corrected chi connectivity index (χ1v) is 7.22. The molecule has 0 bridgehead atoms. The van der Waals surface area contributed by atoms with Gasteiger partial charge in [0.1, 0.15) is 16.9 Å². The molecule has 0 aliphatic carbocycles. The average Bonchev–Trinajstić information content (AvgIpc) is 2.80. The van der Waals surface area contributed by atoms with Gasteiger partial charge in [-0.3, -0.25) is 4.79 Å². The third-order valence-corrected chi connectivity index (χ3v) is 4.23. The van der Waals surface area contributed by atoms with E-state index in [0.29, 0.717) is 25.5 Å². The zero-order valence-corrected chi connectivity index (χ0v) is 11.5. The van der Waals surface area contributed by atoms with Gasteiger partial charge in [-0.15, -0.1) is 11.3 Å². The topological polar surface area (TPSA) is 55.3 Å². The minimum atomic E-state index is -0.0243. The van der Waals surface area contributed by atoms with Gasteiger partial charge in [0.25, 0.3) is 5.91 Å². The monoisotopic (exact) mass is 277 g/mol. The number of hydrogen-bond donors (Lipinski definition) is 0. The molecule has 2 aromatic rings. The molecule has 19 heavy (non-hydrogen) atoms. The lowest BCUT2D eigenvalue weighted by molar-refractivity contribution is 0.0683. The number of hydrogen-bond acceptors (Lipinski definition) is 5. The predicted octanol–water partition coefficient (Wildman–Crippen LogP) is 1.94. The number of carbonyl (C=O) groups is 1. The van der Waals surface area contributed by atoms with Crippen molar-refractivity contribution >= 4 is 27.5 Å². The van der Waals surface area contributed by atoms with Crippen LogP contribution < -0.4 is 0 Å². The molecular weight excluding hydrogens is 262 g/mol. The van der Waals surface area contributed by atoms with E-state index in [1.54, 1.807) is 0 Å². The van der Waals surface area contributed by atoms with Crippen molar-refractivity contribution in [1.82, 2.24) is 14.9 Å². The number of amides is 1. The van der Waals surface area contributed by atoms with Gasteiger partial charge in [0, 0.05) is 24.6 Å². The summed E-state index contributed by atoms with van der Waals surface area (Å²) in [5, 5.41) is 2.78. The van der Waals surface area contributed by atoms with E-state index in [9.17, 15) is 4.79 Å². The highest BCUT2D eigenvalue weighted by atomic mass is 32.1. The van der Waals surface area contributed by atoms with Gasteiger partial charge in [-0.25, -0.2) is 9.97 Å². The molecule has 0 spiro atoms. The Balaban J connectivity index is 1.96. The lowest BCUT2D eigenvalue weighted by Gasteiger charge is -2.26. The predicted molar refractivity (Wildman–Crippen MR) is 73.3 cm³/mol. The van der Waals surface area contributed by atoms with Gasteiger partial charge in [0.2, 0.25) is 0 Å². The van der Waals surface area contributed by atoms with E-state index < -0.39 is 0 Å². The Bertz CT molecular complexity index is 598. The van der Waals surface area contributed by atoms with Crippen LogP contribution in [0.2, 0.25) is 0 Å². The Kier molecular flexibility index (Phi) is 3.44. The molecule has 0 aromatic carbocycles. The molecule has 0 N–H and O–H groups in total. The molecule has 6 heteroatoms. The molecule has 0 radical (unpaired) electrons. The number of rotatable bonds is 1. The molecule has 3 rings (SSSR count). The van der Waals surface area contributed by atoms with Crippen molar-refractivity contribution in [2.75, 3.05) is 19.8 Å². The molecule has 5 nitrogen and oxygen atoms in total. The average molecular weight is 277 g/mol. The minimum Gasteiger partial charge on any atom is -0.380 e. The molecule has 1 unspecified atom stereocenters. The summed E-state index contributed by atoms with van der Waals surface area (Å²) in [6.07, 6.45) is 2.33. The second-order valence-corrected chi connectivity index (χ2v) is 5.50. The second kappa shape index (κ2) is 5.22. The van der Waals surface area contributed by atoms with E-state index in [2.05, 4.69) is 16.9 Å². The van der Waals surface area contributed by atoms with Crippen LogP contribution in [0.25, 0.3) is 10.2 Å². The maximum absolute atomic E-state index is 12.7. The highest BCUT2D eigenvalue weighted by Crippen LogP contribution is 2.22. The molecule has 1 fully saturated rings. The zero-order chi connectivity index (χ0) is 13.2. The largest absolute Gasteiger partial charge is 0.380 e. The van der Waals surface area contributed by atoms with E-state index in [-0.39, 0.29) is 11.9 Å². The summed E-state index contributed by atoms with van der Waals surface area (Å²) >= 11 is 1.52. The number of thiophene rings is 1. The quantitative estimate of drug-likeness (QED) is 0.799. The summed E-state index contributed by atoms with van der Waals surface area (Å²) in [7, 11) is 0.